The number of carbonyl (C=O) groups excluding carboxylic acids is 1. The van der Waals surface area contributed by atoms with Crippen LogP contribution in [0.15, 0.2) is 48.7 Å². The van der Waals surface area contributed by atoms with E-state index in [0.29, 0.717) is 26.2 Å². The van der Waals surface area contributed by atoms with Crippen LogP contribution in [0.5, 0.6) is 5.75 Å². The standard InChI is InChI=1S/C18H19F2N3O2/c19-18(20)25-16-7-2-1-6-15(16)17(24)23-11-9-22(10-12-23)13-14-5-3-4-8-21-14/h1-8,18H,9-13H2. The molecule has 0 bridgehead atoms. The lowest BCUT2D eigenvalue weighted by Gasteiger charge is -2.34. The van der Waals surface area contributed by atoms with Crippen LogP contribution in [0.3, 0.4) is 0 Å². The van der Waals surface area contributed by atoms with Crippen molar-refractivity contribution in [2.75, 3.05) is 26.2 Å². The summed E-state index contributed by atoms with van der Waals surface area (Å²) in [6.07, 6.45) is 1.76. The number of carbonyl (C=O) groups is 1. The first-order chi connectivity index (χ1) is 12.1. The SMILES string of the molecule is O=C(c1ccccc1OC(F)F)N1CCN(Cc2ccccn2)CC1. The van der Waals surface area contributed by atoms with Crippen LogP contribution in [0.2, 0.25) is 0 Å². The average Bonchev–Trinajstić information content (AvgIpc) is 2.63. The van der Waals surface area contributed by atoms with E-state index in [1.807, 2.05) is 18.2 Å². The molecule has 2 heterocycles. The van der Waals surface area contributed by atoms with Gasteiger partial charge in [0.25, 0.3) is 5.91 Å². The predicted octanol–water partition coefficient (Wildman–Crippen LogP) is 2.64. The van der Waals surface area contributed by atoms with Crippen LogP contribution in [-0.2, 0) is 6.54 Å². The van der Waals surface area contributed by atoms with Gasteiger partial charge in [0.2, 0.25) is 0 Å². The number of pyridine rings is 1. The van der Waals surface area contributed by atoms with Crippen molar-refractivity contribution in [1.29, 1.82) is 0 Å². The summed E-state index contributed by atoms with van der Waals surface area (Å²) in [5.41, 5.74) is 1.15. The van der Waals surface area contributed by atoms with E-state index in [-0.39, 0.29) is 17.2 Å². The minimum atomic E-state index is -2.95. The minimum absolute atomic E-state index is 0.0848. The summed E-state index contributed by atoms with van der Waals surface area (Å²) in [5.74, 6) is -0.368. The Morgan fingerprint density at radius 3 is 2.48 bits per heavy atom. The molecule has 2 aromatic rings. The number of halogens is 2. The summed E-state index contributed by atoms with van der Waals surface area (Å²) in [5, 5.41) is 0. The van der Waals surface area contributed by atoms with Gasteiger partial charge in [-0.25, -0.2) is 0 Å². The lowest BCUT2D eigenvalue weighted by atomic mass is 10.1. The summed E-state index contributed by atoms with van der Waals surface area (Å²) in [4.78, 5) is 20.8. The molecule has 1 aliphatic rings. The van der Waals surface area contributed by atoms with Crippen LogP contribution in [0, 0.1) is 0 Å². The number of benzene rings is 1. The van der Waals surface area contributed by atoms with Crippen molar-refractivity contribution < 1.29 is 18.3 Å². The van der Waals surface area contributed by atoms with Gasteiger partial charge in [-0.1, -0.05) is 18.2 Å². The summed E-state index contributed by atoms with van der Waals surface area (Å²) in [6.45, 7) is 0.265. The number of aromatic nitrogens is 1. The molecule has 0 spiro atoms. The molecule has 3 rings (SSSR count). The average molecular weight is 347 g/mol. The minimum Gasteiger partial charge on any atom is -0.434 e. The molecule has 1 fully saturated rings. The lowest BCUT2D eigenvalue weighted by molar-refractivity contribution is -0.0503. The van der Waals surface area contributed by atoms with Gasteiger partial charge in [0.15, 0.2) is 0 Å². The quantitative estimate of drug-likeness (QED) is 0.834. The molecule has 1 aromatic carbocycles. The number of alkyl halides is 2. The van der Waals surface area contributed by atoms with Crippen molar-refractivity contribution in [1.82, 2.24) is 14.8 Å². The first kappa shape index (κ1) is 17.3. The Morgan fingerprint density at radius 2 is 1.80 bits per heavy atom. The van der Waals surface area contributed by atoms with Crippen molar-refractivity contribution in [2.24, 2.45) is 0 Å². The Balaban J connectivity index is 1.60. The zero-order valence-electron chi connectivity index (χ0n) is 13.6. The van der Waals surface area contributed by atoms with Gasteiger partial charge in [-0.15, -0.1) is 0 Å². The van der Waals surface area contributed by atoms with E-state index in [1.54, 1.807) is 23.2 Å². The predicted molar refractivity (Wildman–Crippen MR) is 88.5 cm³/mol. The fourth-order valence-corrected chi connectivity index (χ4v) is 2.84. The number of rotatable bonds is 5. The maximum absolute atomic E-state index is 12.6. The molecule has 0 N–H and O–H groups in total. The molecule has 0 atom stereocenters. The van der Waals surface area contributed by atoms with E-state index in [0.717, 1.165) is 12.2 Å². The maximum atomic E-state index is 12.6. The lowest BCUT2D eigenvalue weighted by Crippen LogP contribution is -2.48. The molecular formula is C18H19F2N3O2. The van der Waals surface area contributed by atoms with E-state index in [9.17, 15) is 13.6 Å². The normalized spacial score (nSPS) is 15.4. The Labute approximate surface area is 144 Å². The zero-order chi connectivity index (χ0) is 17.6. The Kier molecular flexibility index (Phi) is 5.55. The highest BCUT2D eigenvalue weighted by molar-refractivity contribution is 5.97. The summed E-state index contributed by atoms with van der Waals surface area (Å²) in [6, 6.07) is 11.9. The molecule has 132 valence electrons. The van der Waals surface area contributed by atoms with Crippen molar-refractivity contribution in [3.05, 3.63) is 59.9 Å². The van der Waals surface area contributed by atoms with Crippen LogP contribution in [-0.4, -0.2) is 53.5 Å². The Bertz CT molecular complexity index is 704. The van der Waals surface area contributed by atoms with Crippen molar-refractivity contribution >= 4 is 5.91 Å². The van der Waals surface area contributed by atoms with Crippen LogP contribution < -0.4 is 4.74 Å². The van der Waals surface area contributed by atoms with Gasteiger partial charge in [0.1, 0.15) is 5.75 Å². The van der Waals surface area contributed by atoms with Gasteiger partial charge in [-0.2, -0.15) is 8.78 Å². The highest BCUT2D eigenvalue weighted by Gasteiger charge is 2.25. The molecular weight excluding hydrogens is 328 g/mol. The van der Waals surface area contributed by atoms with Crippen LogP contribution in [0.4, 0.5) is 8.78 Å². The Morgan fingerprint density at radius 1 is 1.08 bits per heavy atom. The molecule has 1 saturated heterocycles. The van der Waals surface area contributed by atoms with E-state index < -0.39 is 6.61 Å². The fraction of sp³-hybridized carbons (Fsp3) is 0.333. The third-order valence-corrected chi connectivity index (χ3v) is 4.10. The summed E-state index contributed by atoms with van der Waals surface area (Å²) < 4.78 is 29.5. The third kappa shape index (κ3) is 4.51. The van der Waals surface area contributed by atoms with Crippen LogP contribution in [0.1, 0.15) is 16.1 Å². The molecule has 1 amide bonds. The van der Waals surface area contributed by atoms with Gasteiger partial charge in [0.05, 0.1) is 11.3 Å². The topological polar surface area (TPSA) is 45.7 Å². The second-order valence-corrected chi connectivity index (χ2v) is 5.76. The number of amides is 1. The monoisotopic (exact) mass is 347 g/mol. The van der Waals surface area contributed by atoms with Gasteiger partial charge >= 0.3 is 6.61 Å². The summed E-state index contributed by atoms with van der Waals surface area (Å²) >= 11 is 0. The van der Waals surface area contributed by atoms with E-state index >= 15 is 0 Å². The number of piperazine rings is 1. The highest BCUT2D eigenvalue weighted by Crippen LogP contribution is 2.22. The van der Waals surface area contributed by atoms with E-state index in [2.05, 4.69) is 14.6 Å². The molecule has 0 unspecified atom stereocenters. The number of ether oxygens (including phenoxy) is 1. The maximum Gasteiger partial charge on any atom is 0.387 e. The van der Waals surface area contributed by atoms with Crippen LogP contribution >= 0.6 is 0 Å². The van der Waals surface area contributed by atoms with E-state index in [1.165, 1.54) is 12.1 Å². The van der Waals surface area contributed by atoms with Gasteiger partial charge in [-0.3, -0.25) is 14.7 Å². The van der Waals surface area contributed by atoms with Gasteiger partial charge < -0.3 is 9.64 Å². The first-order valence-electron chi connectivity index (χ1n) is 8.09. The molecule has 0 radical (unpaired) electrons. The smallest absolute Gasteiger partial charge is 0.387 e. The molecule has 25 heavy (non-hydrogen) atoms. The number of hydrogen-bond donors (Lipinski definition) is 0. The molecule has 0 aliphatic carbocycles. The zero-order valence-corrected chi connectivity index (χ0v) is 13.6. The van der Waals surface area contributed by atoms with Gasteiger partial charge in [0, 0.05) is 38.9 Å². The molecule has 1 aromatic heterocycles. The number of hydrogen-bond acceptors (Lipinski definition) is 4. The molecule has 1 aliphatic heterocycles. The van der Waals surface area contributed by atoms with E-state index in [4.69, 9.17) is 0 Å². The molecule has 0 saturated carbocycles. The first-order valence-corrected chi connectivity index (χ1v) is 8.09. The number of para-hydroxylation sites is 1. The van der Waals surface area contributed by atoms with Crippen molar-refractivity contribution in [2.45, 2.75) is 13.2 Å². The molecule has 7 heteroatoms. The highest BCUT2D eigenvalue weighted by atomic mass is 19.3. The van der Waals surface area contributed by atoms with Crippen molar-refractivity contribution in [3.63, 3.8) is 0 Å². The molecule has 5 nitrogen and oxygen atoms in total. The summed E-state index contributed by atoms with van der Waals surface area (Å²) in [7, 11) is 0. The fourth-order valence-electron chi connectivity index (χ4n) is 2.84. The number of nitrogens with zero attached hydrogens (tertiary/aromatic N) is 3. The second-order valence-electron chi connectivity index (χ2n) is 5.76. The third-order valence-electron chi connectivity index (χ3n) is 4.10. The van der Waals surface area contributed by atoms with Gasteiger partial charge in [-0.05, 0) is 24.3 Å². The largest absolute Gasteiger partial charge is 0.434 e. The Hall–Kier alpha value is -2.54. The van der Waals surface area contributed by atoms with Crippen molar-refractivity contribution in [3.8, 4) is 5.75 Å². The van der Waals surface area contributed by atoms with Crippen LogP contribution in [0.25, 0.3) is 0 Å². The second kappa shape index (κ2) is 8.02.